The van der Waals surface area contributed by atoms with E-state index in [0.29, 0.717) is 6.04 Å². The summed E-state index contributed by atoms with van der Waals surface area (Å²) in [7, 11) is 2.17. The molecule has 1 heterocycles. The zero-order valence-corrected chi connectivity index (χ0v) is 10.2. The van der Waals surface area contributed by atoms with Crippen molar-refractivity contribution in [1.29, 1.82) is 0 Å². The summed E-state index contributed by atoms with van der Waals surface area (Å²) in [6, 6.07) is 8.66. The lowest BCUT2D eigenvalue weighted by molar-refractivity contribution is 0.217. The van der Waals surface area contributed by atoms with Gasteiger partial charge in [-0.1, -0.05) is 25.0 Å². The smallest absolute Gasteiger partial charge is 0.209 e. The van der Waals surface area contributed by atoms with Crippen LogP contribution in [0.15, 0.2) is 28.7 Å². The second-order valence-corrected chi connectivity index (χ2v) is 4.93. The van der Waals surface area contributed by atoms with E-state index in [1.807, 2.05) is 24.3 Å². The molecule has 3 rings (SSSR count). The van der Waals surface area contributed by atoms with Crippen LogP contribution in [0.4, 0.5) is 0 Å². The maximum absolute atomic E-state index is 5.75. The molecule has 0 spiro atoms. The molecular weight excluding hydrogens is 212 g/mol. The molecule has 0 N–H and O–H groups in total. The summed E-state index contributed by atoms with van der Waals surface area (Å²) in [5.41, 5.74) is 1.85. The minimum Gasteiger partial charge on any atom is -0.439 e. The third kappa shape index (κ3) is 2.20. The van der Waals surface area contributed by atoms with Gasteiger partial charge in [0.25, 0.3) is 0 Å². The summed E-state index contributed by atoms with van der Waals surface area (Å²) in [5.74, 6) is 0.834. The Bertz CT molecular complexity index is 467. The fraction of sp³-hybridized carbons (Fsp3) is 0.500. The van der Waals surface area contributed by atoms with Gasteiger partial charge in [0.1, 0.15) is 5.52 Å². The first-order chi connectivity index (χ1) is 8.33. The zero-order valence-electron chi connectivity index (χ0n) is 10.2. The van der Waals surface area contributed by atoms with Crippen LogP contribution in [0.5, 0.6) is 0 Å². The molecule has 3 nitrogen and oxygen atoms in total. The van der Waals surface area contributed by atoms with Crippen LogP contribution in [0, 0.1) is 0 Å². The van der Waals surface area contributed by atoms with Crippen molar-refractivity contribution in [2.45, 2.75) is 38.3 Å². The number of para-hydroxylation sites is 2. The minimum atomic E-state index is 0.713. The van der Waals surface area contributed by atoms with Gasteiger partial charge in [-0.25, -0.2) is 4.98 Å². The Labute approximate surface area is 101 Å². The Morgan fingerprint density at radius 3 is 2.82 bits per heavy atom. The van der Waals surface area contributed by atoms with Crippen LogP contribution in [0.2, 0.25) is 0 Å². The van der Waals surface area contributed by atoms with E-state index in [-0.39, 0.29) is 0 Å². The van der Waals surface area contributed by atoms with Gasteiger partial charge >= 0.3 is 0 Å². The summed E-state index contributed by atoms with van der Waals surface area (Å²) in [4.78, 5) is 6.89. The SMILES string of the molecule is CN(Cc1nc2ccccc2o1)C1CCCC1. The second kappa shape index (κ2) is 4.49. The lowest BCUT2D eigenvalue weighted by Gasteiger charge is -2.21. The van der Waals surface area contributed by atoms with Crippen molar-refractivity contribution in [3.63, 3.8) is 0 Å². The molecule has 0 radical (unpaired) electrons. The van der Waals surface area contributed by atoms with Gasteiger partial charge in [-0.05, 0) is 32.0 Å². The molecule has 1 aromatic carbocycles. The number of benzene rings is 1. The topological polar surface area (TPSA) is 29.3 Å². The van der Waals surface area contributed by atoms with Gasteiger partial charge in [0.05, 0.1) is 6.54 Å². The van der Waals surface area contributed by atoms with Gasteiger partial charge in [-0.2, -0.15) is 0 Å². The van der Waals surface area contributed by atoms with Crippen molar-refractivity contribution in [2.75, 3.05) is 7.05 Å². The maximum atomic E-state index is 5.75. The number of oxazole rings is 1. The summed E-state index contributed by atoms with van der Waals surface area (Å²) < 4.78 is 5.75. The quantitative estimate of drug-likeness (QED) is 0.810. The van der Waals surface area contributed by atoms with E-state index in [0.717, 1.165) is 23.5 Å². The highest BCUT2D eigenvalue weighted by Crippen LogP contribution is 2.24. The molecule has 0 atom stereocenters. The van der Waals surface area contributed by atoms with E-state index in [2.05, 4.69) is 16.9 Å². The van der Waals surface area contributed by atoms with Crippen molar-refractivity contribution < 1.29 is 4.42 Å². The molecular formula is C14H18N2O. The van der Waals surface area contributed by atoms with Gasteiger partial charge in [0.15, 0.2) is 5.58 Å². The Morgan fingerprint density at radius 1 is 1.29 bits per heavy atom. The van der Waals surface area contributed by atoms with Crippen LogP contribution in [-0.2, 0) is 6.54 Å². The number of hydrogen-bond donors (Lipinski definition) is 0. The molecule has 1 aliphatic carbocycles. The highest BCUT2D eigenvalue weighted by molar-refractivity contribution is 5.72. The molecule has 0 bridgehead atoms. The van der Waals surface area contributed by atoms with Crippen LogP contribution in [-0.4, -0.2) is 23.0 Å². The van der Waals surface area contributed by atoms with Gasteiger partial charge in [-0.15, -0.1) is 0 Å². The molecule has 1 aromatic heterocycles. The van der Waals surface area contributed by atoms with E-state index in [4.69, 9.17) is 4.42 Å². The second-order valence-electron chi connectivity index (χ2n) is 4.93. The largest absolute Gasteiger partial charge is 0.439 e. The van der Waals surface area contributed by atoms with Crippen LogP contribution < -0.4 is 0 Å². The Kier molecular flexibility index (Phi) is 2.85. The van der Waals surface area contributed by atoms with Gasteiger partial charge in [-0.3, -0.25) is 4.90 Å². The fourth-order valence-corrected chi connectivity index (χ4v) is 2.68. The molecule has 3 heteroatoms. The minimum absolute atomic E-state index is 0.713. The van der Waals surface area contributed by atoms with E-state index in [9.17, 15) is 0 Å². The molecule has 17 heavy (non-hydrogen) atoms. The molecule has 2 aromatic rings. The fourth-order valence-electron chi connectivity index (χ4n) is 2.68. The standard InChI is InChI=1S/C14H18N2O/c1-16(11-6-2-3-7-11)10-14-15-12-8-4-5-9-13(12)17-14/h4-5,8-9,11H,2-3,6-7,10H2,1H3. The molecule has 90 valence electrons. The monoisotopic (exact) mass is 230 g/mol. The van der Waals surface area contributed by atoms with E-state index in [1.165, 1.54) is 25.7 Å². The number of aromatic nitrogens is 1. The van der Waals surface area contributed by atoms with Crippen molar-refractivity contribution in [3.05, 3.63) is 30.2 Å². The number of nitrogens with zero attached hydrogens (tertiary/aromatic N) is 2. The highest BCUT2D eigenvalue weighted by atomic mass is 16.3. The normalized spacial score (nSPS) is 17.3. The summed E-state index contributed by atoms with van der Waals surface area (Å²) in [5, 5.41) is 0. The molecule has 0 saturated heterocycles. The molecule has 0 amide bonds. The first-order valence-corrected chi connectivity index (χ1v) is 6.37. The van der Waals surface area contributed by atoms with Crippen molar-refractivity contribution in [1.82, 2.24) is 9.88 Å². The van der Waals surface area contributed by atoms with Crippen molar-refractivity contribution in [3.8, 4) is 0 Å². The third-order valence-corrected chi connectivity index (χ3v) is 3.67. The Balaban J connectivity index is 1.75. The maximum Gasteiger partial charge on any atom is 0.209 e. The summed E-state index contributed by atoms with van der Waals surface area (Å²) in [6.07, 6.45) is 5.36. The molecule has 1 saturated carbocycles. The van der Waals surface area contributed by atoms with Crippen LogP contribution >= 0.6 is 0 Å². The highest BCUT2D eigenvalue weighted by Gasteiger charge is 2.20. The van der Waals surface area contributed by atoms with E-state index < -0.39 is 0 Å². The lowest BCUT2D eigenvalue weighted by Crippen LogP contribution is -2.28. The third-order valence-electron chi connectivity index (χ3n) is 3.67. The van der Waals surface area contributed by atoms with Crippen molar-refractivity contribution in [2.24, 2.45) is 0 Å². The molecule has 1 fully saturated rings. The average molecular weight is 230 g/mol. The van der Waals surface area contributed by atoms with E-state index in [1.54, 1.807) is 0 Å². The summed E-state index contributed by atoms with van der Waals surface area (Å²) in [6.45, 7) is 0.819. The van der Waals surface area contributed by atoms with E-state index >= 15 is 0 Å². The average Bonchev–Trinajstić information content (AvgIpc) is 2.97. The molecule has 1 aliphatic rings. The Hall–Kier alpha value is -1.35. The first kappa shape index (κ1) is 10.8. The van der Waals surface area contributed by atoms with Gasteiger partial charge in [0, 0.05) is 6.04 Å². The predicted molar refractivity (Wildman–Crippen MR) is 67.7 cm³/mol. The zero-order chi connectivity index (χ0) is 11.7. The van der Waals surface area contributed by atoms with Gasteiger partial charge in [0.2, 0.25) is 5.89 Å². The lowest BCUT2D eigenvalue weighted by atomic mass is 10.2. The summed E-state index contributed by atoms with van der Waals surface area (Å²) >= 11 is 0. The Morgan fingerprint density at radius 2 is 2.06 bits per heavy atom. The van der Waals surface area contributed by atoms with Crippen LogP contribution in [0.25, 0.3) is 11.1 Å². The predicted octanol–water partition coefficient (Wildman–Crippen LogP) is 3.20. The molecule has 0 unspecified atom stereocenters. The number of fused-ring (bicyclic) bond motifs is 1. The van der Waals surface area contributed by atoms with Crippen molar-refractivity contribution >= 4 is 11.1 Å². The van der Waals surface area contributed by atoms with Gasteiger partial charge < -0.3 is 4.42 Å². The number of rotatable bonds is 3. The van der Waals surface area contributed by atoms with Crippen LogP contribution in [0.1, 0.15) is 31.6 Å². The van der Waals surface area contributed by atoms with Crippen LogP contribution in [0.3, 0.4) is 0 Å². The number of hydrogen-bond acceptors (Lipinski definition) is 3. The molecule has 0 aliphatic heterocycles. The first-order valence-electron chi connectivity index (χ1n) is 6.37.